The first-order valence-corrected chi connectivity index (χ1v) is 13.0. The van der Waals surface area contributed by atoms with Crippen LogP contribution in [-0.2, 0) is 37.0 Å². The SMILES string of the molecule is CCOC(=O)CCCn1ccc2c(NCC(NC(=O)OCc3ccccc3)C(=O)OC(C)(C)C)nc(C)nc21. The van der Waals surface area contributed by atoms with Crippen molar-refractivity contribution < 1.29 is 28.6 Å². The quantitative estimate of drug-likeness (QED) is 0.257. The number of anilines is 1. The Kier molecular flexibility index (Phi) is 10.2. The van der Waals surface area contributed by atoms with Gasteiger partial charge >= 0.3 is 18.0 Å². The Morgan fingerprint density at radius 1 is 1.05 bits per heavy atom. The summed E-state index contributed by atoms with van der Waals surface area (Å²) in [6, 6.07) is 10.1. The van der Waals surface area contributed by atoms with E-state index in [9.17, 15) is 14.4 Å². The van der Waals surface area contributed by atoms with Crippen molar-refractivity contribution in [1.82, 2.24) is 19.9 Å². The minimum Gasteiger partial charge on any atom is -0.466 e. The summed E-state index contributed by atoms with van der Waals surface area (Å²) in [5.74, 6) is 0.198. The Balaban J connectivity index is 1.70. The van der Waals surface area contributed by atoms with Crippen LogP contribution in [0.2, 0.25) is 0 Å². The lowest BCUT2D eigenvalue weighted by Crippen LogP contribution is -2.48. The number of alkyl carbamates (subject to hydrolysis) is 1. The van der Waals surface area contributed by atoms with Crippen molar-refractivity contribution in [3.8, 4) is 0 Å². The largest absolute Gasteiger partial charge is 0.466 e. The van der Waals surface area contributed by atoms with Crippen LogP contribution in [0.4, 0.5) is 10.6 Å². The highest BCUT2D eigenvalue weighted by atomic mass is 16.6. The van der Waals surface area contributed by atoms with Crippen molar-refractivity contribution in [3.63, 3.8) is 0 Å². The van der Waals surface area contributed by atoms with Crippen molar-refractivity contribution >= 4 is 34.9 Å². The molecule has 0 aliphatic rings. The number of aromatic nitrogens is 3. The first kappa shape index (κ1) is 29.4. The maximum atomic E-state index is 12.9. The van der Waals surface area contributed by atoms with Gasteiger partial charge in [0.25, 0.3) is 0 Å². The van der Waals surface area contributed by atoms with Gasteiger partial charge in [0.2, 0.25) is 0 Å². The number of esters is 2. The summed E-state index contributed by atoms with van der Waals surface area (Å²) in [5.41, 5.74) is 0.771. The second kappa shape index (κ2) is 13.6. The monoisotopic (exact) mass is 539 g/mol. The number of carbonyl (C=O) groups is 3. The summed E-state index contributed by atoms with van der Waals surface area (Å²) in [4.78, 5) is 46.2. The van der Waals surface area contributed by atoms with Crippen LogP contribution in [0.15, 0.2) is 42.6 Å². The molecule has 210 valence electrons. The molecule has 11 nitrogen and oxygen atoms in total. The Morgan fingerprint density at radius 3 is 2.49 bits per heavy atom. The Hall–Kier alpha value is -4.15. The third kappa shape index (κ3) is 9.27. The zero-order chi connectivity index (χ0) is 28.4. The van der Waals surface area contributed by atoms with Crippen molar-refractivity contribution in [2.75, 3.05) is 18.5 Å². The molecule has 0 aliphatic carbocycles. The van der Waals surface area contributed by atoms with E-state index in [1.54, 1.807) is 34.6 Å². The highest BCUT2D eigenvalue weighted by Gasteiger charge is 2.28. The van der Waals surface area contributed by atoms with Crippen LogP contribution in [0.3, 0.4) is 0 Å². The minimum absolute atomic E-state index is 0.00887. The zero-order valence-electron chi connectivity index (χ0n) is 23.2. The van der Waals surface area contributed by atoms with Gasteiger partial charge < -0.3 is 29.4 Å². The van der Waals surface area contributed by atoms with Crippen LogP contribution < -0.4 is 10.6 Å². The molecule has 0 saturated heterocycles. The Morgan fingerprint density at radius 2 is 1.79 bits per heavy atom. The summed E-state index contributed by atoms with van der Waals surface area (Å²) in [7, 11) is 0. The van der Waals surface area contributed by atoms with Crippen LogP contribution in [0, 0.1) is 6.92 Å². The van der Waals surface area contributed by atoms with Crippen LogP contribution >= 0.6 is 0 Å². The van der Waals surface area contributed by atoms with E-state index >= 15 is 0 Å². The van der Waals surface area contributed by atoms with E-state index in [-0.39, 0.29) is 19.1 Å². The fourth-order valence-corrected chi connectivity index (χ4v) is 3.79. The molecule has 2 aromatic heterocycles. The van der Waals surface area contributed by atoms with Gasteiger partial charge in [0, 0.05) is 25.7 Å². The zero-order valence-corrected chi connectivity index (χ0v) is 23.2. The molecular weight excluding hydrogens is 502 g/mol. The molecule has 2 heterocycles. The molecular formula is C28H37N5O6. The number of hydrogen-bond acceptors (Lipinski definition) is 9. The lowest BCUT2D eigenvalue weighted by atomic mass is 10.2. The number of fused-ring (bicyclic) bond motifs is 1. The van der Waals surface area contributed by atoms with Crippen LogP contribution in [0.5, 0.6) is 0 Å². The first-order chi connectivity index (χ1) is 18.6. The molecule has 1 atom stereocenters. The van der Waals surface area contributed by atoms with Crippen LogP contribution in [0.25, 0.3) is 11.0 Å². The third-order valence-corrected chi connectivity index (χ3v) is 5.49. The van der Waals surface area contributed by atoms with Gasteiger partial charge in [-0.15, -0.1) is 0 Å². The fourth-order valence-electron chi connectivity index (χ4n) is 3.79. The topological polar surface area (TPSA) is 134 Å². The molecule has 3 aromatic rings. The number of benzene rings is 1. The summed E-state index contributed by atoms with van der Waals surface area (Å²) < 4.78 is 17.8. The molecule has 0 aliphatic heterocycles. The minimum atomic E-state index is -1.04. The van der Waals surface area contributed by atoms with E-state index in [2.05, 4.69) is 20.6 Å². The van der Waals surface area contributed by atoms with Crippen LogP contribution in [0.1, 0.15) is 51.9 Å². The van der Waals surface area contributed by atoms with E-state index in [1.165, 1.54) is 0 Å². The lowest BCUT2D eigenvalue weighted by molar-refractivity contribution is -0.157. The molecule has 1 amide bonds. The van der Waals surface area contributed by atoms with Gasteiger partial charge in [0.15, 0.2) is 0 Å². The highest BCUT2D eigenvalue weighted by Crippen LogP contribution is 2.22. The lowest BCUT2D eigenvalue weighted by Gasteiger charge is -2.24. The second-order valence-electron chi connectivity index (χ2n) is 9.95. The van der Waals surface area contributed by atoms with Gasteiger partial charge in [0.1, 0.15) is 35.5 Å². The van der Waals surface area contributed by atoms with E-state index < -0.39 is 23.7 Å². The smallest absolute Gasteiger partial charge is 0.408 e. The maximum absolute atomic E-state index is 12.9. The molecule has 0 spiro atoms. The number of nitrogens with zero attached hydrogens (tertiary/aromatic N) is 3. The molecule has 0 fully saturated rings. The third-order valence-electron chi connectivity index (χ3n) is 5.49. The second-order valence-corrected chi connectivity index (χ2v) is 9.95. The maximum Gasteiger partial charge on any atom is 0.408 e. The van der Waals surface area contributed by atoms with Gasteiger partial charge in [-0.05, 0) is 52.7 Å². The van der Waals surface area contributed by atoms with Crippen molar-refractivity contribution in [3.05, 3.63) is 54.0 Å². The van der Waals surface area contributed by atoms with E-state index in [4.69, 9.17) is 14.2 Å². The molecule has 39 heavy (non-hydrogen) atoms. The Bertz CT molecular complexity index is 1270. The van der Waals surface area contributed by atoms with Gasteiger partial charge in [-0.25, -0.2) is 19.6 Å². The van der Waals surface area contributed by atoms with E-state index in [0.29, 0.717) is 43.3 Å². The van der Waals surface area contributed by atoms with Crippen molar-refractivity contribution in [2.24, 2.45) is 0 Å². The molecule has 0 saturated carbocycles. The van der Waals surface area contributed by atoms with E-state index in [1.807, 2.05) is 47.2 Å². The van der Waals surface area contributed by atoms with Gasteiger partial charge in [-0.3, -0.25) is 4.79 Å². The van der Waals surface area contributed by atoms with Gasteiger partial charge in [-0.1, -0.05) is 30.3 Å². The number of amides is 1. The number of rotatable bonds is 12. The first-order valence-electron chi connectivity index (χ1n) is 13.0. The van der Waals surface area contributed by atoms with Crippen molar-refractivity contribution in [2.45, 2.75) is 72.3 Å². The number of carbonyl (C=O) groups excluding carboxylic acids is 3. The fraction of sp³-hybridized carbons (Fsp3) is 0.464. The normalized spacial score (nSPS) is 12.0. The van der Waals surface area contributed by atoms with Crippen molar-refractivity contribution in [1.29, 1.82) is 0 Å². The number of hydrogen-bond donors (Lipinski definition) is 2. The summed E-state index contributed by atoms with van der Waals surface area (Å²) in [6.07, 6.45) is 2.05. The molecule has 11 heteroatoms. The Labute approximate surface area is 228 Å². The number of aryl methyl sites for hydroxylation is 2. The standard InChI is InChI=1S/C28H37N5O6/c1-6-37-23(34)13-10-15-33-16-14-21-24(30-19(2)31-25(21)33)29-17-22(26(35)39-28(3,4)5)32-27(36)38-18-20-11-8-7-9-12-20/h7-9,11-12,14,16,22H,6,10,13,15,17-18H2,1-5H3,(H,32,36)(H,29,30,31). The molecule has 0 radical (unpaired) electrons. The van der Waals surface area contributed by atoms with E-state index in [0.717, 1.165) is 10.9 Å². The average Bonchev–Trinajstić information content (AvgIpc) is 3.27. The predicted octanol–water partition coefficient (Wildman–Crippen LogP) is 4.13. The summed E-state index contributed by atoms with van der Waals surface area (Å²) in [6.45, 7) is 9.82. The summed E-state index contributed by atoms with van der Waals surface area (Å²) >= 11 is 0. The van der Waals surface area contributed by atoms with Gasteiger partial charge in [-0.2, -0.15) is 0 Å². The molecule has 1 unspecified atom stereocenters. The summed E-state index contributed by atoms with van der Waals surface area (Å²) in [5, 5.41) is 6.52. The molecule has 3 rings (SSSR count). The van der Waals surface area contributed by atoms with Crippen LogP contribution in [-0.4, -0.2) is 57.4 Å². The molecule has 0 bridgehead atoms. The molecule has 1 aromatic carbocycles. The molecule has 2 N–H and O–H groups in total. The highest BCUT2D eigenvalue weighted by molar-refractivity contribution is 5.88. The number of ether oxygens (including phenoxy) is 3. The number of nitrogens with one attached hydrogen (secondary N) is 2. The predicted molar refractivity (Wildman–Crippen MR) is 146 cm³/mol. The van der Waals surface area contributed by atoms with Gasteiger partial charge in [0.05, 0.1) is 12.0 Å². The average molecular weight is 540 g/mol.